The number of carbonyl (C=O) groups is 2. The molecule has 1 saturated heterocycles. The highest BCUT2D eigenvalue weighted by molar-refractivity contribution is 5.93. The van der Waals surface area contributed by atoms with Crippen LogP contribution in [0.4, 0.5) is 10.5 Å². The topological polar surface area (TPSA) is 125 Å². The van der Waals surface area contributed by atoms with Crippen molar-refractivity contribution in [3.8, 4) is 0 Å². The van der Waals surface area contributed by atoms with Gasteiger partial charge in [-0.2, -0.15) is 0 Å². The molecule has 1 aromatic carbocycles. The lowest BCUT2D eigenvalue weighted by molar-refractivity contribution is -0.118. The molecule has 0 bridgehead atoms. The first-order valence-electron chi connectivity index (χ1n) is 13.1. The highest BCUT2D eigenvalue weighted by Crippen LogP contribution is 2.53. The van der Waals surface area contributed by atoms with E-state index >= 15 is 0 Å². The van der Waals surface area contributed by atoms with Crippen molar-refractivity contribution in [3.05, 3.63) is 94.7 Å². The Morgan fingerprint density at radius 2 is 1.85 bits per heavy atom. The summed E-state index contributed by atoms with van der Waals surface area (Å²) in [6.07, 6.45) is 4.27. The van der Waals surface area contributed by atoms with E-state index in [1.54, 1.807) is 61.9 Å². The van der Waals surface area contributed by atoms with Gasteiger partial charge in [-0.25, -0.2) is 4.79 Å². The Labute approximate surface area is 228 Å². The van der Waals surface area contributed by atoms with Crippen LogP contribution in [-0.2, 0) is 11.2 Å². The quantitative estimate of drug-likeness (QED) is 0.407. The number of benzene rings is 1. The number of amides is 2. The molecule has 0 spiro atoms. The standard InChI is InChI=1S/C30H36N4O5/c1-20(33-17-6-5-9-25(33)35)27(37)32-23-12-10-21(11-13-23)18-24-14-15-30(29(2,3)4,34(24)28(38)39)26(36)22-8-7-16-31-19-22/h5-13,16-17,19-20,24,26,36H,14-15,18H2,1-4H3,(H,32,37)(H,38,39)/t20-,24-,26+,30-/m0/s1. The number of aliphatic hydroxyl groups excluding tert-OH is 1. The molecule has 0 saturated carbocycles. The zero-order valence-electron chi connectivity index (χ0n) is 22.7. The summed E-state index contributed by atoms with van der Waals surface area (Å²) < 4.78 is 1.37. The molecular weight excluding hydrogens is 496 g/mol. The molecule has 3 N–H and O–H groups in total. The van der Waals surface area contributed by atoms with Gasteiger partial charge in [0.25, 0.3) is 5.56 Å². The number of aliphatic hydroxyl groups is 1. The maximum absolute atomic E-state index is 12.7. The first-order chi connectivity index (χ1) is 18.5. The van der Waals surface area contributed by atoms with Gasteiger partial charge in [0.1, 0.15) is 12.1 Å². The molecule has 3 heterocycles. The summed E-state index contributed by atoms with van der Waals surface area (Å²) in [7, 11) is 0. The zero-order chi connectivity index (χ0) is 28.4. The number of carboxylic acid groups (broad SMARTS) is 1. The van der Waals surface area contributed by atoms with Crippen molar-refractivity contribution in [2.75, 3.05) is 5.32 Å². The first kappa shape index (κ1) is 28.0. The molecule has 9 nitrogen and oxygen atoms in total. The number of nitrogens with zero attached hydrogens (tertiary/aromatic N) is 3. The number of likely N-dealkylation sites (tertiary alicyclic amines) is 1. The Kier molecular flexibility index (Phi) is 7.92. The van der Waals surface area contributed by atoms with Crippen LogP contribution in [0.25, 0.3) is 0 Å². The van der Waals surface area contributed by atoms with Crippen molar-refractivity contribution >= 4 is 17.7 Å². The molecule has 206 valence electrons. The van der Waals surface area contributed by atoms with Crippen LogP contribution >= 0.6 is 0 Å². The van der Waals surface area contributed by atoms with E-state index in [-0.39, 0.29) is 17.5 Å². The summed E-state index contributed by atoms with van der Waals surface area (Å²) in [6.45, 7) is 7.56. The van der Waals surface area contributed by atoms with E-state index in [1.165, 1.54) is 15.5 Å². The van der Waals surface area contributed by atoms with Crippen LogP contribution in [0.3, 0.4) is 0 Å². The van der Waals surface area contributed by atoms with Crippen LogP contribution in [-0.4, -0.2) is 48.2 Å². The molecule has 0 aliphatic carbocycles. The van der Waals surface area contributed by atoms with Crippen LogP contribution < -0.4 is 10.9 Å². The predicted octanol–water partition coefficient (Wildman–Crippen LogP) is 4.65. The van der Waals surface area contributed by atoms with Crippen LogP contribution in [0.5, 0.6) is 0 Å². The summed E-state index contributed by atoms with van der Waals surface area (Å²) in [5, 5.41) is 24.8. The fourth-order valence-corrected chi connectivity index (χ4v) is 5.84. The minimum atomic E-state index is -1.07. The van der Waals surface area contributed by atoms with E-state index in [2.05, 4.69) is 10.3 Å². The van der Waals surface area contributed by atoms with Gasteiger partial charge in [-0.15, -0.1) is 0 Å². The van der Waals surface area contributed by atoms with Crippen molar-refractivity contribution < 1.29 is 19.8 Å². The molecule has 3 aromatic rings. The Morgan fingerprint density at radius 3 is 2.44 bits per heavy atom. The zero-order valence-corrected chi connectivity index (χ0v) is 22.7. The first-order valence-corrected chi connectivity index (χ1v) is 13.1. The number of anilines is 1. The largest absolute Gasteiger partial charge is 0.465 e. The third kappa shape index (κ3) is 5.45. The molecule has 0 unspecified atom stereocenters. The highest BCUT2D eigenvalue weighted by Gasteiger charge is 2.59. The third-order valence-corrected chi connectivity index (χ3v) is 7.95. The van der Waals surface area contributed by atoms with Gasteiger partial charge in [-0.1, -0.05) is 45.0 Å². The Balaban J connectivity index is 1.52. The Bertz CT molecular complexity index is 1370. The monoisotopic (exact) mass is 532 g/mol. The third-order valence-electron chi connectivity index (χ3n) is 7.95. The minimum absolute atomic E-state index is 0.255. The molecule has 4 atom stereocenters. The number of hydrogen-bond acceptors (Lipinski definition) is 5. The number of aromatic nitrogens is 2. The highest BCUT2D eigenvalue weighted by atomic mass is 16.4. The maximum Gasteiger partial charge on any atom is 0.408 e. The fourth-order valence-electron chi connectivity index (χ4n) is 5.84. The van der Waals surface area contributed by atoms with Gasteiger partial charge in [0.15, 0.2) is 0 Å². The molecule has 0 radical (unpaired) electrons. The van der Waals surface area contributed by atoms with E-state index in [9.17, 15) is 24.6 Å². The van der Waals surface area contributed by atoms with E-state index < -0.39 is 29.2 Å². The van der Waals surface area contributed by atoms with Gasteiger partial charge in [-0.05, 0) is 61.4 Å². The summed E-state index contributed by atoms with van der Waals surface area (Å²) >= 11 is 0. The van der Waals surface area contributed by atoms with Crippen molar-refractivity contribution in [2.24, 2.45) is 5.41 Å². The molecule has 1 fully saturated rings. The van der Waals surface area contributed by atoms with Gasteiger partial charge in [0.05, 0.1) is 5.54 Å². The van der Waals surface area contributed by atoms with E-state index in [4.69, 9.17) is 0 Å². The number of rotatable bonds is 7. The maximum atomic E-state index is 12.7. The molecule has 1 aliphatic heterocycles. The average molecular weight is 533 g/mol. The molecule has 2 aromatic heterocycles. The molecule has 39 heavy (non-hydrogen) atoms. The molecular formula is C30H36N4O5. The fraction of sp³-hybridized carbons (Fsp3) is 0.400. The van der Waals surface area contributed by atoms with Crippen molar-refractivity contribution in [2.45, 2.75) is 70.7 Å². The van der Waals surface area contributed by atoms with Crippen molar-refractivity contribution in [3.63, 3.8) is 0 Å². The second kappa shape index (κ2) is 11.0. The summed E-state index contributed by atoms with van der Waals surface area (Å²) in [6, 6.07) is 14.5. The SMILES string of the molecule is C[C@@H](C(=O)Nc1ccc(C[C@@H]2CC[C@]([C@H](O)c3cccnc3)(C(C)(C)C)N2C(=O)O)cc1)n1ccccc1=O. The minimum Gasteiger partial charge on any atom is -0.465 e. The van der Waals surface area contributed by atoms with Gasteiger partial charge in [0.2, 0.25) is 5.91 Å². The van der Waals surface area contributed by atoms with Crippen LogP contribution in [0.2, 0.25) is 0 Å². The number of pyridine rings is 2. The van der Waals surface area contributed by atoms with Crippen LogP contribution in [0.15, 0.2) is 78.0 Å². The number of hydrogen-bond donors (Lipinski definition) is 3. The second-order valence-corrected chi connectivity index (χ2v) is 11.2. The van der Waals surface area contributed by atoms with Gasteiger partial charge in [-0.3, -0.25) is 19.5 Å². The van der Waals surface area contributed by atoms with E-state index in [0.29, 0.717) is 30.5 Å². The molecule has 1 aliphatic rings. The van der Waals surface area contributed by atoms with Gasteiger partial charge < -0.3 is 20.1 Å². The lowest BCUT2D eigenvalue weighted by Crippen LogP contribution is -2.61. The summed E-state index contributed by atoms with van der Waals surface area (Å²) in [4.78, 5) is 43.1. The lowest BCUT2D eigenvalue weighted by atomic mass is 9.67. The smallest absolute Gasteiger partial charge is 0.408 e. The van der Waals surface area contributed by atoms with E-state index in [0.717, 1.165) is 5.56 Å². The van der Waals surface area contributed by atoms with E-state index in [1.807, 2.05) is 32.9 Å². The summed E-state index contributed by atoms with van der Waals surface area (Å²) in [5.74, 6) is -0.316. The average Bonchev–Trinajstić information content (AvgIpc) is 3.30. The summed E-state index contributed by atoms with van der Waals surface area (Å²) in [5.41, 5.74) is 0.239. The Morgan fingerprint density at radius 1 is 1.13 bits per heavy atom. The lowest BCUT2D eigenvalue weighted by Gasteiger charge is -2.51. The predicted molar refractivity (Wildman–Crippen MR) is 148 cm³/mol. The number of nitrogens with one attached hydrogen (secondary N) is 1. The molecule has 4 rings (SSSR count). The normalized spacial score (nSPS) is 20.8. The van der Waals surface area contributed by atoms with Crippen molar-refractivity contribution in [1.82, 2.24) is 14.5 Å². The second-order valence-electron chi connectivity index (χ2n) is 11.2. The van der Waals surface area contributed by atoms with Gasteiger partial charge >= 0.3 is 6.09 Å². The van der Waals surface area contributed by atoms with Gasteiger partial charge in [0, 0.05) is 41.9 Å². The van der Waals surface area contributed by atoms with Crippen LogP contribution in [0, 0.1) is 5.41 Å². The van der Waals surface area contributed by atoms with Crippen molar-refractivity contribution in [1.29, 1.82) is 0 Å². The van der Waals surface area contributed by atoms with Crippen LogP contribution in [0.1, 0.15) is 63.8 Å². The molecule has 2 amide bonds. The number of carbonyl (C=O) groups excluding carboxylic acids is 1. The molecule has 9 heteroatoms. The Hall–Kier alpha value is -3.98.